The standard InChI is InChI=1S/C15H22N3O3S.ClH/c1-12(2)18-9-8-17(11-18)10-15(19)13-6-4-5-7-14(13)16-22(3,20)21;/h4-9,11-12,15-16,19H,10H2,1-3H3;1H/q+1;/p-1. The third-order valence-electron chi connectivity index (χ3n) is 3.31. The Hall–Kier alpha value is -1.57. The number of nitrogens with zero attached hydrogens (tertiary/aromatic N) is 2. The molecular formula is C15H22ClN3O3S. The van der Waals surface area contributed by atoms with Crippen LogP contribution in [-0.4, -0.2) is 24.3 Å². The number of imidazole rings is 1. The molecule has 2 rings (SSSR count). The minimum atomic E-state index is -3.39. The SMILES string of the molecule is CC(C)n1cc[n+](CC(O)c2ccccc2NS(C)(=O)=O)c1.[Cl-]. The molecule has 1 unspecified atom stereocenters. The minimum Gasteiger partial charge on any atom is -1.00 e. The molecular weight excluding hydrogens is 338 g/mol. The second-order valence-electron chi connectivity index (χ2n) is 5.63. The zero-order valence-corrected chi connectivity index (χ0v) is 14.9. The molecule has 0 aliphatic rings. The molecule has 1 aromatic heterocycles. The van der Waals surface area contributed by atoms with Crippen molar-refractivity contribution in [3.63, 3.8) is 0 Å². The highest BCUT2D eigenvalue weighted by Crippen LogP contribution is 2.23. The van der Waals surface area contributed by atoms with Crippen molar-refractivity contribution < 1.29 is 30.5 Å². The quantitative estimate of drug-likeness (QED) is 0.614. The summed E-state index contributed by atoms with van der Waals surface area (Å²) in [5.74, 6) is 0. The third kappa shape index (κ3) is 5.53. The van der Waals surface area contributed by atoms with Crippen LogP contribution >= 0.6 is 0 Å². The summed E-state index contributed by atoms with van der Waals surface area (Å²) in [5, 5.41) is 10.4. The number of aromatic nitrogens is 2. The third-order valence-corrected chi connectivity index (χ3v) is 3.90. The first kappa shape index (κ1) is 19.5. The van der Waals surface area contributed by atoms with Crippen LogP contribution in [0, 0.1) is 0 Å². The van der Waals surface area contributed by atoms with Gasteiger partial charge in [0, 0.05) is 5.56 Å². The number of hydrogen-bond acceptors (Lipinski definition) is 3. The van der Waals surface area contributed by atoms with Gasteiger partial charge in [-0.05, 0) is 19.9 Å². The number of nitrogens with one attached hydrogen (secondary N) is 1. The van der Waals surface area contributed by atoms with E-state index in [-0.39, 0.29) is 12.4 Å². The molecule has 0 fully saturated rings. The molecule has 1 heterocycles. The van der Waals surface area contributed by atoms with Gasteiger partial charge >= 0.3 is 0 Å². The molecule has 1 aromatic carbocycles. The van der Waals surface area contributed by atoms with Crippen LogP contribution in [0.15, 0.2) is 43.0 Å². The van der Waals surface area contributed by atoms with Gasteiger partial charge in [0.1, 0.15) is 25.0 Å². The lowest BCUT2D eigenvalue weighted by Gasteiger charge is -2.14. The predicted octanol–water partition coefficient (Wildman–Crippen LogP) is -1.53. The Labute approximate surface area is 143 Å². The zero-order chi connectivity index (χ0) is 16.3. The van der Waals surface area contributed by atoms with Crippen molar-refractivity contribution in [1.82, 2.24) is 4.57 Å². The number of halogens is 1. The van der Waals surface area contributed by atoms with E-state index < -0.39 is 16.1 Å². The maximum Gasteiger partial charge on any atom is 0.244 e. The summed E-state index contributed by atoms with van der Waals surface area (Å²) in [7, 11) is -3.39. The zero-order valence-electron chi connectivity index (χ0n) is 13.3. The highest BCUT2D eigenvalue weighted by Gasteiger charge is 2.18. The number of hydrogen-bond donors (Lipinski definition) is 2. The lowest BCUT2D eigenvalue weighted by Crippen LogP contribution is -3.00. The Morgan fingerprint density at radius 3 is 2.52 bits per heavy atom. The second-order valence-corrected chi connectivity index (χ2v) is 7.38. The van der Waals surface area contributed by atoms with Crippen LogP contribution in [0.1, 0.15) is 31.6 Å². The van der Waals surface area contributed by atoms with Crippen molar-refractivity contribution in [3.05, 3.63) is 48.5 Å². The van der Waals surface area contributed by atoms with Gasteiger partial charge in [-0.2, -0.15) is 0 Å². The predicted molar refractivity (Wildman–Crippen MR) is 84.9 cm³/mol. The molecule has 128 valence electrons. The molecule has 0 saturated carbocycles. The normalized spacial score (nSPS) is 12.7. The number of sulfonamides is 1. The van der Waals surface area contributed by atoms with Gasteiger partial charge in [0.2, 0.25) is 16.4 Å². The van der Waals surface area contributed by atoms with E-state index in [4.69, 9.17) is 0 Å². The van der Waals surface area contributed by atoms with Crippen molar-refractivity contribution in [2.24, 2.45) is 0 Å². The number of benzene rings is 1. The molecule has 0 aliphatic heterocycles. The molecule has 6 nitrogen and oxygen atoms in total. The van der Waals surface area contributed by atoms with Crippen LogP contribution in [-0.2, 0) is 16.6 Å². The van der Waals surface area contributed by atoms with Gasteiger partial charge < -0.3 is 17.5 Å². The van der Waals surface area contributed by atoms with Gasteiger partial charge in [-0.1, -0.05) is 18.2 Å². The number of aliphatic hydroxyl groups is 1. The Balaban J connectivity index is 0.00000264. The number of para-hydroxylation sites is 1. The van der Waals surface area contributed by atoms with Crippen molar-refractivity contribution in [3.8, 4) is 0 Å². The van der Waals surface area contributed by atoms with Gasteiger partial charge in [0.15, 0.2) is 0 Å². The molecule has 0 aliphatic carbocycles. The summed E-state index contributed by atoms with van der Waals surface area (Å²) in [4.78, 5) is 0. The van der Waals surface area contributed by atoms with E-state index in [9.17, 15) is 13.5 Å². The average Bonchev–Trinajstić information content (AvgIpc) is 2.86. The van der Waals surface area contributed by atoms with Gasteiger partial charge in [0.05, 0.1) is 18.0 Å². The molecule has 0 bridgehead atoms. The average molecular weight is 360 g/mol. The number of anilines is 1. The summed E-state index contributed by atoms with van der Waals surface area (Å²) >= 11 is 0. The fourth-order valence-electron chi connectivity index (χ4n) is 2.20. The van der Waals surface area contributed by atoms with Gasteiger partial charge in [-0.15, -0.1) is 0 Å². The molecule has 0 saturated heterocycles. The number of aliphatic hydroxyl groups excluding tert-OH is 1. The molecule has 0 radical (unpaired) electrons. The van der Waals surface area contributed by atoms with Crippen molar-refractivity contribution >= 4 is 15.7 Å². The van der Waals surface area contributed by atoms with Gasteiger partial charge in [0.25, 0.3) is 0 Å². The van der Waals surface area contributed by atoms with Crippen LogP contribution in [0.25, 0.3) is 0 Å². The molecule has 0 amide bonds. The Morgan fingerprint density at radius 1 is 1.30 bits per heavy atom. The van der Waals surface area contributed by atoms with E-state index in [1.165, 1.54) is 0 Å². The lowest BCUT2D eigenvalue weighted by atomic mass is 10.1. The van der Waals surface area contributed by atoms with E-state index in [0.717, 1.165) is 6.26 Å². The smallest absolute Gasteiger partial charge is 0.244 e. The van der Waals surface area contributed by atoms with Crippen molar-refractivity contribution in [2.75, 3.05) is 11.0 Å². The van der Waals surface area contributed by atoms with Crippen LogP contribution in [0.4, 0.5) is 5.69 Å². The van der Waals surface area contributed by atoms with Crippen LogP contribution in [0.2, 0.25) is 0 Å². The fourth-order valence-corrected chi connectivity index (χ4v) is 2.79. The maximum atomic E-state index is 11.4. The summed E-state index contributed by atoms with van der Waals surface area (Å²) in [5.41, 5.74) is 0.958. The topological polar surface area (TPSA) is 75.2 Å². The summed E-state index contributed by atoms with van der Waals surface area (Å²) in [6.45, 7) is 4.50. The van der Waals surface area contributed by atoms with Crippen LogP contribution < -0.4 is 21.7 Å². The van der Waals surface area contributed by atoms with E-state index in [1.54, 1.807) is 24.3 Å². The van der Waals surface area contributed by atoms with E-state index >= 15 is 0 Å². The number of rotatable bonds is 6. The molecule has 2 N–H and O–H groups in total. The maximum absolute atomic E-state index is 11.4. The molecule has 8 heteroatoms. The van der Waals surface area contributed by atoms with Crippen molar-refractivity contribution in [2.45, 2.75) is 32.5 Å². The van der Waals surface area contributed by atoms with Crippen LogP contribution in [0.5, 0.6) is 0 Å². The van der Waals surface area contributed by atoms with Gasteiger partial charge in [-0.3, -0.25) is 4.72 Å². The molecule has 2 aromatic rings. The second kappa shape index (κ2) is 7.81. The minimum absolute atomic E-state index is 0. The van der Waals surface area contributed by atoms with Crippen LogP contribution in [0.3, 0.4) is 0 Å². The highest BCUT2D eigenvalue weighted by atomic mass is 35.5. The Bertz CT molecular complexity index is 744. The highest BCUT2D eigenvalue weighted by molar-refractivity contribution is 7.92. The summed E-state index contributed by atoms with van der Waals surface area (Å²) in [6, 6.07) is 7.21. The monoisotopic (exact) mass is 359 g/mol. The molecule has 1 atom stereocenters. The fraction of sp³-hybridized carbons (Fsp3) is 0.400. The first-order valence-corrected chi connectivity index (χ1v) is 8.96. The molecule has 0 spiro atoms. The van der Waals surface area contributed by atoms with Crippen molar-refractivity contribution in [1.29, 1.82) is 0 Å². The first-order chi connectivity index (χ1) is 10.3. The van der Waals surface area contributed by atoms with Gasteiger partial charge in [-0.25, -0.2) is 17.6 Å². The van der Waals surface area contributed by atoms with E-state index in [1.807, 2.05) is 27.9 Å². The largest absolute Gasteiger partial charge is 1.00 e. The summed E-state index contributed by atoms with van der Waals surface area (Å²) < 4.78 is 29.2. The summed E-state index contributed by atoms with van der Waals surface area (Å²) in [6.07, 6.45) is 6.03. The molecule has 23 heavy (non-hydrogen) atoms. The van der Waals surface area contributed by atoms with E-state index in [0.29, 0.717) is 23.8 Å². The van der Waals surface area contributed by atoms with E-state index in [2.05, 4.69) is 18.6 Å². The first-order valence-electron chi connectivity index (χ1n) is 7.07. The Kier molecular flexibility index (Phi) is 6.61. The Morgan fingerprint density at radius 2 is 1.96 bits per heavy atom. The lowest BCUT2D eigenvalue weighted by molar-refractivity contribution is -0.704.